The average Bonchev–Trinajstić information content (AvgIpc) is 3.00. The summed E-state index contributed by atoms with van der Waals surface area (Å²) in [7, 11) is 0. The normalized spacial score (nSPS) is 23.3. The van der Waals surface area contributed by atoms with Crippen molar-refractivity contribution in [2.75, 3.05) is 6.54 Å². The molecule has 1 aliphatic rings. The second-order valence-electron chi connectivity index (χ2n) is 5.50. The van der Waals surface area contributed by atoms with E-state index in [1.807, 2.05) is 6.92 Å². The van der Waals surface area contributed by atoms with Crippen LogP contribution in [0.15, 0.2) is 6.33 Å². The van der Waals surface area contributed by atoms with E-state index in [9.17, 15) is 9.59 Å². The number of nitrogens with zero attached hydrogens (tertiary/aromatic N) is 2. The summed E-state index contributed by atoms with van der Waals surface area (Å²) in [6.07, 6.45) is 4.46. The molecule has 4 N–H and O–H groups in total. The van der Waals surface area contributed by atoms with Gasteiger partial charge < -0.3 is 15.7 Å². The first kappa shape index (κ1) is 15.3. The Hall–Kier alpha value is -2.12. The highest BCUT2D eigenvalue weighted by molar-refractivity contribution is 5.74. The molecular weight excluding hydrogens is 274 g/mol. The predicted molar refractivity (Wildman–Crippen MR) is 74.4 cm³/mol. The molecule has 1 saturated carbocycles. The van der Waals surface area contributed by atoms with E-state index in [2.05, 4.69) is 25.8 Å². The Labute approximate surface area is 122 Å². The number of carbonyl (C=O) groups excluding carboxylic acids is 1. The van der Waals surface area contributed by atoms with Crippen LogP contribution in [0.5, 0.6) is 0 Å². The summed E-state index contributed by atoms with van der Waals surface area (Å²) in [5.41, 5.74) is 0. The van der Waals surface area contributed by atoms with Crippen molar-refractivity contribution in [3.05, 3.63) is 12.2 Å². The lowest BCUT2D eigenvalue weighted by atomic mass is 9.82. The van der Waals surface area contributed by atoms with Crippen LogP contribution < -0.4 is 10.6 Å². The van der Waals surface area contributed by atoms with Crippen molar-refractivity contribution in [2.45, 2.75) is 38.6 Å². The molecule has 1 heterocycles. The van der Waals surface area contributed by atoms with Gasteiger partial charge >= 0.3 is 12.0 Å². The van der Waals surface area contributed by atoms with Crippen molar-refractivity contribution < 1.29 is 14.7 Å². The van der Waals surface area contributed by atoms with Crippen LogP contribution >= 0.6 is 0 Å². The minimum atomic E-state index is -0.708. The van der Waals surface area contributed by atoms with Crippen LogP contribution in [-0.4, -0.2) is 38.8 Å². The van der Waals surface area contributed by atoms with Gasteiger partial charge in [0.05, 0.1) is 12.0 Å². The van der Waals surface area contributed by atoms with Crippen molar-refractivity contribution in [2.24, 2.45) is 11.8 Å². The summed E-state index contributed by atoms with van der Waals surface area (Å²) in [4.78, 5) is 26.6. The van der Waals surface area contributed by atoms with E-state index < -0.39 is 5.97 Å². The molecule has 0 saturated heterocycles. The number of carboxylic acids is 1. The topological polar surface area (TPSA) is 120 Å². The molecule has 0 bridgehead atoms. The highest BCUT2D eigenvalue weighted by atomic mass is 16.4. The first-order valence-electron chi connectivity index (χ1n) is 7.18. The molecule has 0 aromatic carbocycles. The monoisotopic (exact) mass is 295 g/mol. The van der Waals surface area contributed by atoms with Crippen molar-refractivity contribution in [3.63, 3.8) is 0 Å². The molecule has 21 heavy (non-hydrogen) atoms. The van der Waals surface area contributed by atoms with Crippen molar-refractivity contribution in [1.29, 1.82) is 0 Å². The number of H-pyrrole nitrogens is 1. The molecule has 8 heteroatoms. The van der Waals surface area contributed by atoms with Gasteiger partial charge in [-0.3, -0.25) is 9.89 Å². The maximum Gasteiger partial charge on any atom is 0.315 e. The fourth-order valence-electron chi connectivity index (χ4n) is 2.59. The Morgan fingerprint density at radius 3 is 2.71 bits per heavy atom. The van der Waals surface area contributed by atoms with Crippen LogP contribution in [0.3, 0.4) is 0 Å². The molecule has 2 rings (SSSR count). The maximum atomic E-state index is 11.8. The lowest BCUT2D eigenvalue weighted by molar-refractivity contribution is -0.143. The van der Waals surface area contributed by atoms with E-state index >= 15 is 0 Å². The molecule has 1 aromatic heterocycles. The van der Waals surface area contributed by atoms with Gasteiger partial charge in [-0.25, -0.2) is 9.78 Å². The van der Waals surface area contributed by atoms with E-state index in [0.29, 0.717) is 31.1 Å². The molecule has 1 atom stereocenters. The number of hydrogen-bond acceptors (Lipinski definition) is 4. The molecule has 116 valence electrons. The van der Waals surface area contributed by atoms with Crippen LogP contribution in [0.4, 0.5) is 4.79 Å². The Balaban J connectivity index is 1.67. The molecule has 1 aliphatic carbocycles. The second kappa shape index (κ2) is 7.05. The third-order valence-electron chi connectivity index (χ3n) is 3.94. The maximum absolute atomic E-state index is 11.8. The largest absolute Gasteiger partial charge is 0.481 e. The summed E-state index contributed by atoms with van der Waals surface area (Å²) >= 11 is 0. The Bertz CT molecular complexity index is 468. The molecule has 0 radical (unpaired) electrons. The lowest BCUT2D eigenvalue weighted by Gasteiger charge is -2.26. The van der Waals surface area contributed by atoms with Crippen molar-refractivity contribution in [1.82, 2.24) is 25.8 Å². The van der Waals surface area contributed by atoms with Gasteiger partial charge in [-0.1, -0.05) is 0 Å². The third kappa shape index (κ3) is 4.44. The van der Waals surface area contributed by atoms with Gasteiger partial charge in [0.2, 0.25) is 0 Å². The number of aromatic nitrogens is 3. The minimum Gasteiger partial charge on any atom is -0.481 e. The van der Waals surface area contributed by atoms with Gasteiger partial charge in [0, 0.05) is 6.54 Å². The molecular formula is C13H21N5O3. The third-order valence-corrected chi connectivity index (χ3v) is 3.94. The molecule has 8 nitrogen and oxygen atoms in total. The molecule has 0 spiro atoms. The predicted octanol–water partition coefficient (Wildman–Crippen LogP) is 1.06. The number of aliphatic carboxylic acids is 1. The summed E-state index contributed by atoms with van der Waals surface area (Å²) in [5.74, 6) is 0.0284. The van der Waals surface area contributed by atoms with Crippen LogP contribution in [-0.2, 0) is 4.79 Å². The molecule has 1 fully saturated rings. The number of carbonyl (C=O) groups is 2. The zero-order valence-electron chi connectivity index (χ0n) is 12.0. The first-order valence-corrected chi connectivity index (χ1v) is 7.18. The van der Waals surface area contributed by atoms with Gasteiger partial charge in [-0.2, -0.15) is 5.10 Å². The zero-order chi connectivity index (χ0) is 15.2. The van der Waals surface area contributed by atoms with E-state index in [-0.39, 0.29) is 18.0 Å². The Morgan fingerprint density at radius 2 is 2.14 bits per heavy atom. The van der Waals surface area contributed by atoms with Crippen molar-refractivity contribution in [3.8, 4) is 0 Å². The summed E-state index contributed by atoms with van der Waals surface area (Å²) in [6, 6.07) is -0.491. The zero-order valence-corrected chi connectivity index (χ0v) is 12.0. The smallest absolute Gasteiger partial charge is 0.315 e. The number of hydrogen-bond donors (Lipinski definition) is 4. The number of nitrogens with one attached hydrogen (secondary N) is 3. The van der Waals surface area contributed by atoms with Gasteiger partial charge in [0.25, 0.3) is 0 Å². The standard InChI is InChI=1S/C13H21N5O3/c1-8(11-15-7-16-18-11)17-13(21)14-6-9-2-4-10(5-3-9)12(19)20/h7-10H,2-6H2,1H3,(H,19,20)(H2,14,17,21)(H,15,16,18). The number of amides is 2. The van der Waals surface area contributed by atoms with Crippen LogP contribution in [0.2, 0.25) is 0 Å². The quantitative estimate of drug-likeness (QED) is 0.647. The second-order valence-corrected chi connectivity index (χ2v) is 5.50. The number of rotatable bonds is 5. The first-order chi connectivity index (χ1) is 10.1. The van der Waals surface area contributed by atoms with Crippen LogP contribution in [0, 0.1) is 11.8 Å². The van der Waals surface area contributed by atoms with Gasteiger partial charge in [-0.15, -0.1) is 0 Å². The summed E-state index contributed by atoms with van der Waals surface area (Å²) in [6.45, 7) is 2.39. The van der Waals surface area contributed by atoms with Crippen LogP contribution in [0.25, 0.3) is 0 Å². The average molecular weight is 295 g/mol. The van der Waals surface area contributed by atoms with Crippen LogP contribution in [0.1, 0.15) is 44.5 Å². The summed E-state index contributed by atoms with van der Waals surface area (Å²) < 4.78 is 0. The Morgan fingerprint density at radius 1 is 1.43 bits per heavy atom. The fraction of sp³-hybridized carbons (Fsp3) is 0.692. The molecule has 0 aliphatic heterocycles. The van der Waals surface area contributed by atoms with E-state index in [0.717, 1.165) is 12.8 Å². The summed E-state index contributed by atoms with van der Waals surface area (Å²) in [5, 5.41) is 21.0. The van der Waals surface area contributed by atoms with E-state index in [4.69, 9.17) is 5.11 Å². The molecule has 1 unspecified atom stereocenters. The van der Waals surface area contributed by atoms with Crippen molar-refractivity contribution >= 4 is 12.0 Å². The number of carboxylic acid groups (broad SMARTS) is 1. The van der Waals surface area contributed by atoms with Gasteiger partial charge in [0.1, 0.15) is 12.2 Å². The Kier molecular flexibility index (Phi) is 5.13. The van der Waals surface area contributed by atoms with E-state index in [1.54, 1.807) is 0 Å². The van der Waals surface area contributed by atoms with E-state index in [1.165, 1.54) is 6.33 Å². The number of aromatic amines is 1. The number of urea groups is 1. The van der Waals surface area contributed by atoms with Gasteiger partial charge in [-0.05, 0) is 38.5 Å². The minimum absolute atomic E-state index is 0.221. The highest BCUT2D eigenvalue weighted by Crippen LogP contribution is 2.28. The molecule has 2 amide bonds. The highest BCUT2D eigenvalue weighted by Gasteiger charge is 2.26. The SMILES string of the molecule is CC(NC(=O)NCC1CCC(C(=O)O)CC1)c1ncn[nH]1. The lowest BCUT2D eigenvalue weighted by Crippen LogP contribution is -2.40. The van der Waals surface area contributed by atoms with Gasteiger partial charge in [0.15, 0.2) is 0 Å². The fourth-order valence-corrected chi connectivity index (χ4v) is 2.59. The molecule has 1 aromatic rings.